The van der Waals surface area contributed by atoms with E-state index >= 15 is 0 Å². The van der Waals surface area contributed by atoms with Gasteiger partial charge in [0.2, 0.25) is 0 Å². The van der Waals surface area contributed by atoms with Crippen LogP contribution >= 0.6 is 11.3 Å². The van der Waals surface area contributed by atoms with Crippen molar-refractivity contribution >= 4 is 28.1 Å². The van der Waals surface area contributed by atoms with Gasteiger partial charge in [-0.05, 0) is 42.7 Å². The molecule has 3 aromatic rings. The number of rotatable bonds is 6. The second kappa shape index (κ2) is 8.15. The number of amides is 1. The van der Waals surface area contributed by atoms with Crippen LogP contribution in [0, 0.1) is 6.92 Å². The van der Waals surface area contributed by atoms with Gasteiger partial charge in [-0.3, -0.25) is 9.69 Å². The molecule has 0 aliphatic carbocycles. The van der Waals surface area contributed by atoms with Crippen LogP contribution in [0.3, 0.4) is 0 Å². The van der Waals surface area contributed by atoms with Crippen molar-refractivity contribution in [3.63, 3.8) is 0 Å². The lowest BCUT2D eigenvalue weighted by Gasteiger charge is -2.20. The van der Waals surface area contributed by atoms with Gasteiger partial charge in [0.25, 0.3) is 5.91 Å². The van der Waals surface area contributed by atoms with Gasteiger partial charge in [0, 0.05) is 5.38 Å². The molecule has 4 nitrogen and oxygen atoms in total. The average Bonchev–Trinajstić information content (AvgIpc) is 3.07. The van der Waals surface area contributed by atoms with Crippen LogP contribution in [-0.4, -0.2) is 17.5 Å². The minimum atomic E-state index is -0.154. The van der Waals surface area contributed by atoms with Crippen LogP contribution in [0.2, 0.25) is 0 Å². The summed E-state index contributed by atoms with van der Waals surface area (Å²) in [6, 6.07) is 17.4. The Morgan fingerprint density at radius 2 is 1.81 bits per heavy atom. The number of hydrogen-bond donors (Lipinski definition) is 0. The fourth-order valence-corrected chi connectivity index (χ4v) is 3.38. The topological polar surface area (TPSA) is 42.4 Å². The van der Waals surface area contributed by atoms with Crippen molar-refractivity contribution in [2.24, 2.45) is 0 Å². The molecule has 0 aliphatic heterocycles. The number of thiazole rings is 1. The first-order valence-electron chi connectivity index (χ1n) is 8.57. The largest absolute Gasteiger partial charge is 0.484 e. The van der Waals surface area contributed by atoms with Gasteiger partial charge in [0.15, 0.2) is 11.7 Å². The Hall–Kier alpha value is -2.66. The standard InChI is InChI=1S/C21H22N2O2S/c1-15(2)17-9-11-19(12-10-17)25-13-20(24)23(18-7-5-4-6-8-18)21-22-16(3)14-26-21/h4-12,14-15H,13H2,1-3H3. The molecule has 0 unspecified atom stereocenters. The molecule has 0 saturated carbocycles. The first-order chi connectivity index (χ1) is 12.5. The number of ether oxygens (including phenoxy) is 1. The van der Waals surface area contributed by atoms with E-state index in [-0.39, 0.29) is 12.5 Å². The molecule has 26 heavy (non-hydrogen) atoms. The Morgan fingerprint density at radius 3 is 2.38 bits per heavy atom. The van der Waals surface area contributed by atoms with Crippen LogP contribution in [0.4, 0.5) is 10.8 Å². The maximum absolute atomic E-state index is 12.9. The second-order valence-corrected chi connectivity index (χ2v) is 7.19. The molecule has 1 amide bonds. The van der Waals surface area contributed by atoms with E-state index in [9.17, 15) is 4.79 Å². The van der Waals surface area contributed by atoms with Gasteiger partial charge in [-0.1, -0.05) is 44.2 Å². The van der Waals surface area contributed by atoms with Crippen molar-refractivity contribution in [3.05, 3.63) is 71.2 Å². The highest BCUT2D eigenvalue weighted by Crippen LogP contribution is 2.28. The van der Waals surface area contributed by atoms with E-state index in [2.05, 4.69) is 18.8 Å². The second-order valence-electron chi connectivity index (χ2n) is 6.35. The summed E-state index contributed by atoms with van der Waals surface area (Å²) in [5.74, 6) is 0.997. The van der Waals surface area contributed by atoms with Gasteiger partial charge in [0.05, 0.1) is 11.4 Å². The predicted molar refractivity (Wildman–Crippen MR) is 106 cm³/mol. The zero-order valence-corrected chi connectivity index (χ0v) is 16.0. The Kier molecular flexibility index (Phi) is 5.68. The van der Waals surface area contributed by atoms with Gasteiger partial charge < -0.3 is 4.74 Å². The maximum atomic E-state index is 12.9. The molecular formula is C21H22N2O2S. The maximum Gasteiger partial charge on any atom is 0.271 e. The van der Waals surface area contributed by atoms with Crippen LogP contribution in [0.1, 0.15) is 31.0 Å². The van der Waals surface area contributed by atoms with Crippen molar-refractivity contribution in [2.75, 3.05) is 11.5 Å². The molecule has 0 radical (unpaired) electrons. The quantitative estimate of drug-likeness (QED) is 0.593. The normalized spacial score (nSPS) is 10.8. The molecular weight excluding hydrogens is 344 g/mol. The summed E-state index contributed by atoms with van der Waals surface area (Å²) < 4.78 is 5.72. The monoisotopic (exact) mass is 366 g/mol. The number of carbonyl (C=O) groups is 1. The predicted octanol–water partition coefficient (Wildman–Crippen LogP) is 5.32. The molecule has 3 rings (SSSR count). The van der Waals surface area contributed by atoms with E-state index in [1.165, 1.54) is 16.9 Å². The van der Waals surface area contributed by atoms with Crippen LogP contribution in [0.25, 0.3) is 0 Å². The zero-order chi connectivity index (χ0) is 18.5. The Balaban J connectivity index is 1.75. The highest BCUT2D eigenvalue weighted by atomic mass is 32.1. The Labute approximate surface area is 158 Å². The number of aromatic nitrogens is 1. The van der Waals surface area contributed by atoms with Crippen LogP contribution < -0.4 is 9.64 Å². The highest BCUT2D eigenvalue weighted by Gasteiger charge is 2.21. The van der Waals surface area contributed by atoms with Crippen LogP contribution in [0.15, 0.2) is 60.0 Å². The zero-order valence-electron chi connectivity index (χ0n) is 15.2. The third-order valence-electron chi connectivity index (χ3n) is 3.97. The van der Waals surface area contributed by atoms with E-state index in [1.807, 2.05) is 66.9 Å². The molecule has 0 aliphatic rings. The molecule has 0 atom stereocenters. The fourth-order valence-electron chi connectivity index (χ4n) is 2.54. The number of nitrogens with zero attached hydrogens (tertiary/aromatic N) is 2. The Morgan fingerprint density at radius 1 is 1.12 bits per heavy atom. The van der Waals surface area contributed by atoms with Crippen molar-refractivity contribution in [2.45, 2.75) is 26.7 Å². The lowest BCUT2D eigenvalue weighted by molar-refractivity contribution is -0.119. The molecule has 5 heteroatoms. The minimum Gasteiger partial charge on any atom is -0.484 e. The fraction of sp³-hybridized carbons (Fsp3) is 0.238. The highest BCUT2D eigenvalue weighted by molar-refractivity contribution is 7.14. The molecule has 0 bridgehead atoms. The molecule has 1 aromatic heterocycles. The number of para-hydroxylation sites is 1. The van der Waals surface area contributed by atoms with E-state index in [1.54, 1.807) is 4.90 Å². The molecule has 1 heterocycles. The van der Waals surface area contributed by atoms with Gasteiger partial charge >= 0.3 is 0 Å². The molecule has 2 aromatic carbocycles. The van der Waals surface area contributed by atoms with E-state index < -0.39 is 0 Å². The van der Waals surface area contributed by atoms with E-state index in [4.69, 9.17) is 4.74 Å². The number of benzene rings is 2. The third kappa shape index (κ3) is 4.29. The summed E-state index contributed by atoms with van der Waals surface area (Å²) >= 11 is 1.45. The summed E-state index contributed by atoms with van der Waals surface area (Å²) in [5.41, 5.74) is 2.92. The summed E-state index contributed by atoms with van der Waals surface area (Å²) in [4.78, 5) is 18.9. The summed E-state index contributed by atoms with van der Waals surface area (Å²) in [6.07, 6.45) is 0. The summed E-state index contributed by atoms with van der Waals surface area (Å²) in [6.45, 7) is 6.16. The average molecular weight is 366 g/mol. The molecule has 0 spiro atoms. The minimum absolute atomic E-state index is 0.0471. The van der Waals surface area contributed by atoms with Crippen LogP contribution in [-0.2, 0) is 4.79 Å². The Bertz CT molecular complexity index is 857. The van der Waals surface area contributed by atoms with Gasteiger partial charge in [-0.15, -0.1) is 11.3 Å². The summed E-state index contributed by atoms with van der Waals surface area (Å²) in [7, 11) is 0. The SMILES string of the molecule is Cc1csc(N(C(=O)COc2ccc(C(C)C)cc2)c2ccccc2)n1. The van der Waals surface area contributed by atoms with Gasteiger partial charge in [-0.2, -0.15) is 0 Å². The molecule has 0 fully saturated rings. The summed E-state index contributed by atoms with van der Waals surface area (Å²) in [5, 5.41) is 2.58. The van der Waals surface area contributed by atoms with Crippen LogP contribution in [0.5, 0.6) is 5.75 Å². The van der Waals surface area contributed by atoms with Gasteiger partial charge in [-0.25, -0.2) is 4.98 Å². The molecule has 0 saturated heterocycles. The number of carbonyl (C=O) groups excluding carboxylic acids is 1. The van der Waals surface area contributed by atoms with Gasteiger partial charge in [0.1, 0.15) is 5.75 Å². The molecule has 134 valence electrons. The van der Waals surface area contributed by atoms with Crippen molar-refractivity contribution in [1.82, 2.24) is 4.98 Å². The number of anilines is 2. The van der Waals surface area contributed by atoms with Crippen molar-refractivity contribution < 1.29 is 9.53 Å². The molecule has 0 N–H and O–H groups in total. The number of hydrogen-bond acceptors (Lipinski definition) is 4. The smallest absolute Gasteiger partial charge is 0.271 e. The number of aryl methyl sites for hydroxylation is 1. The van der Waals surface area contributed by atoms with E-state index in [0.717, 1.165) is 11.4 Å². The van der Waals surface area contributed by atoms with Crippen molar-refractivity contribution in [3.8, 4) is 5.75 Å². The first kappa shape index (κ1) is 18.1. The first-order valence-corrected chi connectivity index (χ1v) is 9.45. The lowest BCUT2D eigenvalue weighted by Crippen LogP contribution is -2.30. The third-order valence-corrected chi connectivity index (χ3v) is 4.91. The lowest BCUT2D eigenvalue weighted by atomic mass is 10.0. The van der Waals surface area contributed by atoms with E-state index in [0.29, 0.717) is 16.8 Å². The van der Waals surface area contributed by atoms with Crippen molar-refractivity contribution in [1.29, 1.82) is 0 Å².